The van der Waals surface area contributed by atoms with Gasteiger partial charge in [-0.2, -0.15) is 0 Å². The highest BCUT2D eigenvalue weighted by Crippen LogP contribution is 2.29. The van der Waals surface area contributed by atoms with Crippen molar-refractivity contribution in [2.45, 2.75) is 26.0 Å². The van der Waals surface area contributed by atoms with Crippen molar-refractivity contribution in [3.8, 4) is 0 Å². The second-order valence-electron chi connectivity index (χ2n) is 8.38. The number of ether oxygens (including phenoxy) is 1. The molecule has 0 unspecified atom stereocenters. The molecule has 1 fully saturated rings. The molecule has 0 aromatic heterocycles. The highest BCUT2D eigenvalue weighted by molar-refractivity contribution is 6.21. The molecule has 2 aromatic carbocycles. The quantitative estimate of drug-likeness (QED) is 0.581. The van der Waals surface area contributed by atoms with Crippen LogP contribution in [0.4, 0.5) is 5.69 Å². The number of morpholine rings is 1. The van der Waals surface area contributed by atoms with Crippen LogP contribution in [-0.4, -0.2) is 68.2 Å². The van der Waals surface area contributed by atoms with E-state index in [1.165, 1.54) is 10.5 Å². The van der Waals surface area contributed by atoms with Crippen LogP contribution in [0.3, 0.4) is 0 Å². The number of hydrogen-bond donors (Lipinski definition) is 2. The second-order valence-corrected chi connectivity index (χ2v) is 8.38. The van der Waals surface area contributed by atoms with E-state index in [0.717, 1.165) is 49.7 Å². The SMILES string of the molecule is BCC(=O)NC(=O)CN1Cc2c(NCc3ccc(CN4CCOCC4)cc3)cccc2C1=O. The van der Waals surface area contributed by atoms with Crippen molar-refractivity contribution in [3.63, 3.8) is 0 Å². The lowest BCUT2D eigenvalue weighted by atomic mass is 10.1. The van der Waals surface area contributed by atoms with Crippen molar-refractivity contribution in [1.29, 1.82) is 0 Å². The second kappa shape index (κ2) is 10.6. The van der Waals surface area contributed by atoms with Crippen molar-refractivity contribution in [2.24, 2.45) is 0 Å². The van der Waals surface area contributed by atoms with Gasteiger partial charge in [0.15, 0.2) is 0 Å². The molecule has 0 atom stereocenters. The summed E-state index contributed by atoms with van der Waals surface area (Å²) in [5.74, 6) is -1.00. The minimum atomic E-state index is -0.463. The summed E-state index contributed by atoms with van der Waals surface area (Å²) in [7, 11) is 1.68. The molecule has 0 aliphatic carbocycles. The van der Waals surface area contributed by atoms with E-state index in [9.17, 15) is 14.4 Å². The first-order valence-electron chi connectivity index (χ1n) is 11.4. The summed E-state index contributed by atoms with van der Waals surface area (Å²) in [6.07, 6.45) is 0.224. The summed E-state index contributed by atoms with van der Waals surface area (Å²) in [5.41, 5.74) is 4.78. The molecule has 0 bridgehead atoms. The highest BCUT2D eigenvalue weighted by atomic mass is 16.5. The Kier molecular flexibility index (Phi) is 7.41. The Balaban J connectivity index is 1.35. The largest absolute Gasteiger partial charge is 0.381 e. The van der Waals surface area contributed by atoms with Gasteiger partial charge in [-0.3, -0.25) is 24.6 Å². The Morgan fingerprint density at radius 3 is 2.45 bits per heavy atom. The third kappa shape index (κ3) is 5.80. The van der Waals surface area contributed by atoms with Gasteiger partial charge in [0.2, 0.25) is 11.8 Å². The van der Waals surface area contributed by atoms with Crippen molar-refractivity contribution in [1.82, 2.24) is 15.1 Å². The van der Waals surface area contributed by atoms with Gasteiger partial charge >= 0.3 is 0 Å². The summed E-state index contributed by atoms with van der Waals surface area (Å²) < 4.78 is 5.41. The van der Waals surface area contributed by atoms with E-state index in [4.69, 9.17) is 4.74 Å². The molecule has 33 heavy (non-hydrogen) atoms. The Morgan fingerprint density at radius 1 is 1.00 bits per heavy atom. The molecule has 0 spiro atoms. The number of nitrogens with zero attached hydrogens (tertiary/aromatic N) is 2. The molecule has 172 valence electrons. The van der Waals surface area contributed by atoms with Crippen LogP contribution in [0.25, 0.3) is 0 Å². The van der Waals surface area contributed by atoms with E-state index in [2.05, 4.69) is 39.8 Å². The fourth-order valence-corrected chi connectivity index (χ4v) is 4.12. The first kappa shape index (κ1) is 23.0. The van der Waals surface area contributed by atoms with E-state index in [-0.39, 0.29) is 24.7 Å². The topological polar surface area (TPSA) is 91.0 Å². The van der Waals surface area contributed by atoms with Gasteiger partial charge in [-0.05, 0) is 29.6 Å². The van der Waals surface area contributed by atoms with Crippen molar-refractivity contribution in [2.75, 3.05) is 38.2 Å². The van der Waals surface area contributed by atoms with Crippen LogP contribution in [0.1, 0.15) is 27.0 Å². The molecule has 1 saturated heterocycles. The molecule has 2 heterocycles. The van der Waals surface area contributed by atoms with Gasteiger partial charge < -0.3 is 15.0 Å². The minimum absolute atomic E-state index is 0.136. The number of carbonyl (C=O) groups is 3. The Labute approximate surface area is 194 Å². The summed E-state index contributed by atoms with van der Waals surface area (Å²) in [6.45, 7) is 5.29. The Morgan fingerprint density at radius 2 is 1.73 bits per heavy atom. The maximum atomic E-state index is 12.7. The average molecular weight is 448 g/mol. The molecule has 0 radical (unpaired) electrons. The van der Waals surface area contributed by atoms with E-state index in [1.807, 2.05) is 12.1 Å². The zero-order chi connectivity index (χ0) is 23.2. The molecule has 4 rings (SSSR count). The van der Waals surface area contributed by atoms with E-state index < -0.39 is 5.91 Å². The molecule has 3 amide bonds. The smallest absolute Gasteiger partial charge is 0.255 e. The third-order valence-corrected chi connectivity index (χ3v) is 5.99. The number of benzene rings is 2. The molecule has 9 heteroatoms. The van der Waals surface area contributed by atoms with Crippen molar-refractivity contribution >= 4 is 31.3 Å². The standard InChI is InChI=1S/C24H29BN4O4/c25-12-22(30)27-23(31)16-29-15-20-19(24(29)32)2-1-3-21(20)26-13-17-4-6-18(7-5-17)14-28-8-10-33-11-9-28/h1-7,26H,8-16,25H2,(H,27,30,31). The predicted octanol–water partition coefficient (Wildman–Crippen LogP) is 0.781. The maximum Gasteiger partial charge on any atom is 0.255 e. The molecule has 2 aliphatic heterocycles. The zero-order valence-electron chi connectivity index (χ0n) is 18.9. The van der Waals surface area contributed by atoms with Gasteiger partial charge in [0.1, 0.15) is 14.4 Å². The number of hydrogen-bond acceptors (Lipinski definition) is 6. The van der Waals surface area contributed by atoms with Gasteiger partial charge in [0.05, 0.1) is 13.2 Å². The van der Waals surface area contributed by atoms with E-state index in [0.29, 0.717) is 18.7 Å². The van der Waals surface area contributed by atoms with Crippen LogP contribution in [0.5, 0.6) is 0 Å². The highest BCUT2D eigenvalue weighted by Gasteiger charge is 2.30. The lowest BCUT2D eigenvalue weighted by molar-refractivity contribution is -0.129. The number of imide groups is 1. The number of amides is 3. The van der Waals surface area contributed by atoms with Crippen LogP contribution in [0.2, 0.25) is 6.32 Å². The fraction of sp³-hybridized carbons (Fsp3) is 0.375. The molecule has 2 aliphatic rings. The third-order valence-electron chi connectivity index (χ3n) is 5.99. The molecular weight excluding hydrogens is 419 g/mol. The summed E-state index contributed by atoms with van der Waals surface area (Å²) in [4.78, 5) is 40.1. The van der Waals surface area contributed by atoms with Crippen LogP contribution < -0.4 is 10.6 Å². The predicted molar refractivity (Wildman–Crippen MR) is 128 cm³/mol. The lowest BCUT2D eigenvalue weighted by Gasteiger charge is -2.26. The van der Waals surface area contributed by atoms with E-state index in [1.54, 1.807) is 13.9 Å². The lowest BCUT2D eigenvalue weighted by Crippen LogP contribution is -2.39. The molecule has 8 nitrogen and oxygen atoms in total. The van der Waals surface area contributed by atoms with Crippen LogP contribution in [0.15, 0.2) is 42.5 Å². The van der Waals surface area contributed by atoms with E-state index >= 15 is 0 Å². The zero-order valence-corrected chi connectivity index (χ0v) is 18.9. The van der Waals surface area contributed by atoms with Gasteiger partial charge in [-0.25, -0.2) is 0 Å². The normalized spacial score (nSPS) is 15.9. The van der Waals surface area contributed by atoms with Gasteiger partial charge in [-0.15, -0.1) is 0 Å². The monoisotopic (exact) mass is 448 g/mol. The molecule has 2 N–H and O–H groups in total. The molecular formula is C24H29BN4O4. The summed E-state index contributed by atoms with van der Waals surface area (Å²) in [6, 6.07) is 14.1. The average Bonchev–Trinajstić information content (AvgIpc) is 3.14. The number of rotatable bonds is 8. The van der Waals surface area contributed by atoms with Crippen LogP contribution in [0, 0.1) is 0 Å². The summed E-state index contributed by atoms with van der Waals surface area (Å²) >= 11 is 0. The molecule has 0 saturated carbocycles. The Hall–Kier alpha value is -3.17. The first-order chi connectivity index (χ1) is 16.0. The van der Waals surface area contributed by atoms with Gasteiger partial charge in [0.25, 0.3) is 5.91 Å². The molecule has 2 aromatic rings. The summed E-state index contributed by atoms with van der Waals surface area (Å²) in [5, 5.41) is 5.74. The minimum Gasteiger partial charge on any atom is -0.381 e. The van der Waals surface area contributed by atoms with Crippen LogP contribution >= 0.6 is 0 Å². The van der Waals surface area contributed by atoms with Crippen molar-refractivity contribution < 1.29 is 19.1 Å². The van der Waals surface area contributed by atoms with Gasteiger partial charge in [0, 0.05) is 49.5 Å². The number of carbonyl (C=O) groups excluding carboxylic acids is 3. The number of fused-ring (bicyclic) bond motifs is 1. The fourth-order valence-electron chi connectivity index (χ4n) is 4.12. The Bertz CT molecular complexity index is 1020. The maximum absolute atomic E-state index is 12.7. The van der Waals surface area contributed by atoms with Gasteiger partial charge in [-0.1, -0.05) is 30.3 Å². The van der Waals surface area contributed by atoms with Crippen molar-refractivity contribution in [3.05, 3.63) is 64.7 Å². The van der Waals surface area contributed by atoms with Crippen LogP contribution in [-0.2, 0) is 34.0 Å². The number of nitrogens with one attached hydrogen (secondary N) is 2. The number of anilines is 1. The first-order valence-corrected chi connectivity index (χ1v) is 11.4.